The average molecular weight is 237 g/mol. The standard InChI is InChI=1S/C10H11ClF2O2/c1-15-9-6-7(2-3-8(9)11)10(12,13)4-5-14/h2-3,6,14H,4-5H2,1H3. The predicted octanol–water partition coefficient (Wildman–Crippen LogP) is 2.82. The average Bonchev–Trinajstić information content (AvgIpc) is 2.18. The van der Waals surface area contributed by atoms with Gasteiger partial charge in [0.05, 0.1) is 12.1 Å². The highest BCUT2D eigenvalue weighted by molar-refractivity contribution is 6.32. The molecular formula is C10H11ClF2O2. The molecule has 0 aliphatic heterocycles. The Morgan fingerprint density at radius 3 is 2.67 bits per heavy atom. The van der Waals surface area contributed by atoms with Crippen molar-refractivity contribution in [2.75, 3.05) is 13.7 Å². The van der Waals surface area contributed by atoms with Crippen LogP contribution in [0.1, 0.15) is 12.0 Å². The Bertz CT molecular complexity index is 342. The summed E-state index contributed by atoms with van der Waals surface area (Å²) in [5, 5.41) is 8.79. The molecule has 0 spiro atoms. The van der Waals surface area contributed by atoms with Gasteiger partial charge >= 0.3 is 0 Å². The van der Waals surface area contributed by atoms with E-state index in [1.54, 1.807) is 0 Å². The second-order valence-electron chi connectivity index (χ2n) is 3.03. The quantitative estimate of drug-likeness (QED) is 0.871. The molecule has 0 unspecified atom stereocenters. The normalized spacial score (nSPS) is 11.5. The fourth-order valence-electron chi connectivity index (χ4n) is 1.17. The summed E-state index contributed by atoms with van der Waals surface area (Å²) in [6.45, 7) is -0.571. The van der Waals surface area contributed by atoms with Crippen LogP contribution in [0, 0.1) is 0 Å². The van der Waals surface area contributed by atoms with Crippen LogP contribution in [-0.2, 0) is 5.92 Å². The molecule has 0 aliphatic rings. The lowest BCUT2D eigenvalue weighted by Crippen LogP contribution is -2.15. The molecule has 84 valence electrons. The number of alkyl halides is 2. The van der Waals surface area contributed by atoms with Gasteiger partial charge in [-0.1, -0.05) is 17.7 Å². The molecule has 1 N–H and O–H groups in total. The molecule has 0 atom stereocenters. The van der Waals surface area contributed by atoms with Gasteiger partial charge in [0.1, 0.15) is 5.75 Å². The van der Waals surface area contributed by atoms with E-state index in [0.717, 1.165) is 0 Å². The lowest BCUT2D eigenvalue weighted by Gasteiger charge is -2.16. The fraction of sp³-hybridized carbons (Fsp3) is 0.400. The third-order valence-electron chi connectivity index (χ3n) is 2.00. The number of aliphatic hydroxyl groups excluding tert-OH is 1. The minimum atomic E-state index is -3.06. The SMILES string of the molecule is COc1cc(C(F)(F)CCO)ccc1Cl. The Hall–Kier alpha value is -0.870. The maximum atomic E-state index is 13.3. The summed E-state index contributed by atoms with van der Waals surface area (Å²) in [7, 11) is 1.36. The van der Waals surface area contributed by atoms with Gasteiger partial charge in [0.25, 0.3) is 5.92 Å². The molecule has 15 heavy (non-hydrogen) atoms. The number of halogens is 3. The van der Waals surface area contributed by atoms with Crippen molar-refractivity contribution in [3.63, 3.8) is 0 Å². The van der Waals surface area contributed by atoms with Crippen LogP contribution in [-0.4, -0.2) is 18.8 Å². The molecule has 0 radical (unpaired) electrons. The molecule has 0 aliphatic carbocycles. The highest BCUT2D eigenvalue weighted by atomic mass is 35.5. The minimum absolute atomic E-state index is 0.201. The molecule has 1 aromatic rings. The summed E-state index contributed by atoms with van der Waals surface area (Å²) in [5.41, 5.74) is -0.210. The van der Waals surface area contributed by atoms with Gasteiger partial charge in [-0.2, -0.15) is 0 Å². The van der Waals surface area contributed by atoms with Crippen molar-refractivity contribution in [1.29, 1.82) is 0 Å². The van der Waals surface area contributed by atoms with Crippen LogP contribution in [0.2, 0.25) is 5.02 Å². The third kappa shape index (κ3) is 2.79. The minimum Gasteiger partial charge on any atom is -0.495 e. The van der Waals surface area contributed by atoms with Gasteiger partial charge in [0.2, 0.25) is 0 Å². The van der Waals surface area contributed by atoms with Gasteiger partial charge in [-0.05, 0) is 12.1 Å². The van der Waals surface area contributed by atoms with Crippen LogP contribution in [0.15, 0.2) is 18.2 Å². The van der Waals surface area contributed by atoms with Crippen LogP contribution >= 0.6 is 11.6 Å². The number of hydrogen-bond donors (Lipinski definition) is 1. The van der Waals surface area contributed by atoms with Gasteiger partial charge < -0.3 is 9.84 Å². The molecule has 0 bridgehead atoms. The molecule has 0 saturated carbocycles. The number of hydrogen-bond acceptors (Lipinski definition) is 2. The summed E-state index contributed by atoms with van der Waals surface area (Å²) >= 11 is 5.70. The van der Waals surface area contributed by atoms with Gasteiger partial charge in [0.15, 0.2) is 0 Å². The van der Waals surface area contributed by atoms with Crippen molar-refractivity contribution >= 4 is 11.6 Å². The Kier molecular flexibility index (Phi) is 3.88. The maximum Gasteiger partial charge on any atom is 0.275 e. The molecule has 0 aromatic heterocycles. The van der Waals surface area contributed by atoms with Crippen molar-refractivity contribution < 1.29 is 18.6 Å². The first-order valence-electron chi connectivity index (χ1n) is 4.34. The zero-order chi connectivity index (χ0) is 11.5. The molecule has 2 nitrogen and oxygen atoms in total. The van der Waals surface area contributed by atoms with E-state index in [0.29, 0.717) is 0 Å². The van der Waals surface area contributed by atoms with E-state index in [9.17, 15) is 8.78 Å². The lowest BCUT2D eigenvalue weighted by atomic mass is 10.1. The van der Waals surface area contributed by atoms with Gasteiger partial charge in [-0.3, -0.25) is 0 Å². The number of ether oxygens (including phenoxy) is 1. The summed E-state index contributed by atoms with van der Waals surface area (Å²) in [6.07, 6.45) is -0.613. The summed E-state index contributed by atoms with van der Waals surface area (Å²) in [5.74, 6) is -2.86. The van der Waals surface area contributed by atoms with Crippen LogP contribution < -0.4 is 4.74 Å². The zero-order valence-electron chi connectivity index (χ0n) is 8.14. The Balaban J connectivity index is 3.04. The van der Waals surface area contributed by atoms with Gasteiger partial charge in [-0.25, -0.2) is 8.78 Å². The highest BCUT2D eigenvalue weighted by Crippen LogP contribution is 2.35. The Morgan fingerprint density at radius 1 is 1.47 bits per heavy atom. The second-order valence-corrected chi connectivity index (χ2v) is 3.43. The highest BCUT2D eigenvalue weighted by Gasteiger charge is 2.31. The van der Waals surface area contributed by atoms with E-state index in [2.05, 4.69) is 0 Å². The Morgan fingerprint density at radius 2 is 2.13 bits per heavy atom. The van der Waals surface area contributed by atoms with E-state index in [-0.39, 0.29) is 16.3 Å². The largest absolute Gasteiger partial charge is 0.495 e. The van der Waals surface area contributed by atoms with Crippen molar-refractivity contribution in [2.45, 2.75) is 12.3 Å². The van der Waals surface area contributed by atoms with Crippen LogP contribution in [0.3, 0.4) is 0 Å². The monoisotopic (exact) mass is 236 g/mol. The molecule has 1 aromatic carbocycles. The van der Waals surface area contributed by atoms with Gasteiger partial charge in [0, 0.05) is 18.6 Å². The van der Waals surface area contributed by atoms with Crippen molar-refractivity contribution in [1.82, 2.24) is 0 Å². The van der Waals surface area contributed by atoms with E-state index in [1.165, 1.54) is 25.3 Å². The topological polar surface area (TPSA) is 29.5 Å². The lowest BCUT2D eigenvalue weighted by molar-refractivity contribution is -0.0271. The predicted molar refractivity (Wildman–Crippen MR) is 53.6 cm³/mol. The second kappa shape index (κ2) is 4.77. The summed E-state index contributed by atoms with van der Waals surface area (Å²) in [6, 6.07) is 3.75. The van der Waals surface area contributed by atoms with E-state index in [4.69, 9.17) is 21.4 Å². The number of rotatable bonds is 4. The van der Waals surface area contributed by atoms with Crippen LogP contribution in [0.25, 0.3) is 0 Å². The molecule has 0 amide bonds. The van der Waals surface area contributed by atoms with Crippen LogP contribution in [0.5, 0.6) is 5.75 Å². The van der Waals surface area contributed by atoms with Crippen molar-refractivity contribution in [2.24, 2.45) is 0 Å². The summed E-state index contributed by atoms with van der Waals surface area (Å²) < 4.78 is 31.5. The number of methoxy groups -OCH3 is 1. The summed E-state index contributed by atoms with van der Waals surface area (Å²) in [4.78, 5) is 0. The number of benzene rings is 1. The zero-order valence-corrected chi connectivity index (χ0v) is 8.89. The van der Waals surface area contributed by atoms with Crippen LogP contribution in [0.4, 0.5) is 8.78 Å². The number of aliphatic hydroxyl groups is 1. The van der Waals surface area contributed by atoms with E-state index >= 15 is 0 Å². The molecule has 1 rings (SSSR count). The smallest absolute Gasteiger partial charge is 0.275 e. The fourth-order valence-corrected chi connectivity index (χ4v) is 1.37. The van der Waals surface area contributed by atoms with Crippen molar-refractivity contribution in [3.05, 3.63) is 28.8 Å². The maximum absolute atomic E-state index is 13.3. The first kappa shape index (κ1) is 12.2. The van der Waals surface area contributed by atoms with E-state index < -0.39 is 19.0 Å². The molecule has 0 saturated heterocycles. The third-order valence-corrected chi connectivity index (χ3v) is 2.31. The molecule has 0 heterocycles. The Labute approximate surface area is 91.4 Å². The van der Waals surface area contributed by atoms with Crippen molar-refractivity contribution in [3.8, 4) is 5.75 Å². The van der Waals surface area contributed by atoms with Gasteiger partial charge in [-0.15, -0.1) is 0 Å². The van der Waals surface area contributed by atoms with E-state index in [1.807, 2.05) is 0 Å². The molecule has 0 fully saturated rings. The molecule has 5 heteroatoms. The molecular weight excluding hydrogens is 226 g/mol. The first-order valence-corrected chi connectivity index (χ1v) is 4.72. The first-order chi connectivity index (χ1) is 7.01.